The molecule has 0 bridgehead atoms. The zero-order valence-corrected chi connectivity index (χ0v) is 18.3. The number of nitrogens with zero attached hydrogens (tertiary/aromatic N) is 4. The van der Waals surface area contributed by atoms with Gasteiger partial charge in [0.2, 0.25) is 5.91 Å². The predicted molar refractivity (Wildman–Crippen MR) is 121 cm³/mol. The average molecular weight is 450 g/mol. The maximum Gasteiger partial charge on any atom is 0.223 e. The topological polar surface area (TPSA) is 66.8 Å². The second kappa shape index (κ2) is 8.77. The predicted octanol–water partition coefficient (Wildman–Crippen LogP) is 4.57. The van der Waals surface area contributed by atoms with E-state index in [0.717, 1.165) is 41.3 Å². The highest BCUT2D eigenvalue weighted by atomic mass is 19.2. The van der Waals surface area contributed by atoms with E-state index in [1.165, 1.54) is 12.1 Å². The number of H-pyrrole nitrogens is 1. The number of carbonyl (C=O) groups excluding carboxylic acids is 1. The number of likely N-dealkylation sites (tertiary alicyclic amines) is 1. The number of rotatable bonds is 6. The van der Waals surface area contributed by atoms with Crippen LogP contribution in [0, 0.1) is 17.6 Å². The van der Waals surface area contributed by atoms with E-state index in [1.807, 2.05) is 36.4 Å². The molecule has 1 amide bonds. The van der Waals surface area contributed by atoms with Gasteiger partial charge in [0.1, 0.15) is 0 Å². The van der Waals surface area contributed by atoms with Crippen molar-refractivity contribution in [2.24, 2.45) is 5.92 Å². The Labute approximate surface area is 190 Å². The van der Waals surface area contributed by atoms with Crippen LogP contribution in [-0.2, 0) is 17.8 Å². The maximum absolute atomic E-state index is 13.9. The van der Waals surface area contributed by atoms with Crippen LogP contribution in [0.25, 0.3) is 22.3 Å². The Morgan fingerprint density at radius 1 is 1.21 bits per heavy atom. The molecule has 33 heavy (non-hydrogen) atoms. The van der Waals surface area contributed by atoms with E-state index in [9.17, 15) is 13.6 Å². The summed E-state index contributed by atoms with van der Waals surface area (Å²) in [5, 5.41) is 6.79. The first-order chi connectivity index (χ1) is 16.0. The summed E-state index contributed by atoms with van der Waals surface area (Å²) in [6.07, 6.45) is 6.88. The number of benzene rings is 1. The molecule has 4 aromatic rings. The number of aromatic nitrogens is 4. The van der Waals surface area contributed by atoms with Crippen molar-refractivity contribution in [3.63, 3.8) is 0 Å². The zero-order chi connectivity index (χ0) is 22.9. The van der Waals surface area contributed by atoms with Crippen LogP contribution >= 0.6 is 0 Å². The Morgan fingerprint density at radius 3 is 2.91 bits per heavy atom. The summed E-state index contributed by atoms with van der Waals surface area (Å²) in [6.45, 7) is 3.50. The molecule has 0 unspecified atom stereocenters. The largest absolute Gasteiger partial charge is 0.346 e. The Kier molecular flexibility index (Phi) is 5.66. The molecule has 1 fully saturated rings. The van der Waals surface area contributed by atoms with E-state index in [-0.39, 0.29) is 30.4 Å². The molecule has 8 heteroatoms. The number of nitrogens with one attached hydrogen (secondary N) is 1. The van der Waals surface area contributed by atoms with Gasteiger partial charge in [-0.25, -0.2) is 13.8 Å². The number of pyridine rings is 1. The lowest BCUT2D eigenvalue weighted by molar-refractivity contribution is -0.131. The third-order valence-corrected chi connectivity index (χ3v) is 6.49. The molecule has 170 valence electrons. The summed E-state index contributed by atoms with van der Waals surface area (Å²) < 4.78 is 29.5. The summed E-state index contributed by atoms with van der Waals surface area (Å²) in [6, 6.07) is 10.3. The van der Waals surface area contributed by atoms with E-state index in [0.29, 0.717) is 12.5 Å². The van der Waals surface area contributed by atoms with Gasteiger partial charge in [-0.3, -0.25) is 9.89 Å². The van der Waals surface area contributed by atoms with Gasteiger partial charge in [-0.1, -0.05) is 12.1 Å². The fraction of sp³-hybridized carbons (Fsp3) is 0.320. The van der Waals surface area contributed by atoms with Crippen LogP contribution in [0.4, 0.5) is 8.78 Å². The van der Waals surface area contributed by atoms with E-state index in [1.54, 1.807) is 6.20 Å². The molecule has 0 spiro atoms. The van der Waals surface area contributed by atoms with Crippen LogP contribution in [0.5, 0.6) is 0 Å². The van der Waals surface area contributed by atoms with Gasteiger partial charge in [0.25, 0.3) is 0 Å². The Morgan fingerprint density at radius 2 is 2.09 bits per heavy atom. The fourth-order valence-electron chi connectivity index (χ4n) is 4.81. The first-order valence-corrected chi connectivity index (χ1v) is 11.2. The zero-order valence-electron chi connectivity index (χ0n) is 18.3. The Hall–Kier alpha value is -3.55. The van der Waals surface area contributed by atoms with E-state index in [2.05, 4.69) is 20.8 Å². The first kappa shape index (κ1) is 21.3. The maximum atomic E-state index is 13.9. The van der Waals surface area contributed by atoms with Crippen molar-refractivity contribution in [2.75, 3.05) is 6.54 Å². The number of hydrogen-bond donors (Lipinski definition) is 1. The van der Waals surface area contributed by atoms with Gasteiger partial charge >= 0.3 is 0 Å². The fourth-order valence-corrected chi connectivity index (χ4v) is 4.81. The van der Waals surface area contributed by atoms with Crippen molar-refractivity contribution in [2.45, 2.75) is 38.8 Å². The lowest BCUT2D eigenvalue weighted by Gasteiger charge is -2.21. The van der Waals surface area contributed by atoms with Crippen LogP contribution < -0.4 is 0 Å². The molecule has 1 N–H and O–H groups in total. The Bertz CT molecular complexity index is 1280. The molecule has 3 aromatic heterocycles. The molecule has 0 saturated carbocycles. The van der Waals surface area contributed by atoms with Crippen LogP contribution in [0.3, 0.4) is 0 Å². The van der Waals surface area contributed by atoms with E-state index >= 15 is 0 Å². The normalized spacial score (nSPS) is 18.3. The van der Waals surface area contributed by atoms with Gasteiger partial charge in [0.05, 0.1) is 22.9 Å². The minimum Gasteiger partial charge on any atom is -0.346 e. The number of aromatic amines is 1. The van der Waals surface area contributed by atoms with Crippen molar-refractivity contribution < 1.29 is 13.6 Å². The van der Waals surface area contributed by atoms with Crippen molar-refractivity contribution in [3.8, 4) is 11.3 Å². The molecular weight excluding hydrogens is 424 g/mol. The van der Waals surface area contributed by atoms with Gasteiger partial charge < -0.3 is 9.47 Å². The van der Waals surface area contributed by atoms with Gasteiger partial charge in [0.15, 0.2) is 11.6 Å². The van der Waals surface area contributed by atoms with Crippen molar-refractivity contribution >= 4 is 16.9 Å². The smallest absolute Gasteiger partial charge is 0.223 e. The highest BCUT2D eigenvalue weighted by Gasteiger charge is 2.32. The average Bonchev–Trinajstić information content (AvgIpc) is 3.55. The summed E-state index contributed by atoms with van der Waals surface area (Å²) in [5.74, 6) is -1.43. The lowest BCUT2D eigenvalue weighted by Crippen LogP contribution is -2.34. The first-order valence-electron chi connectivity index (χ1n) is 11.2. The van der Waals surface area contributed by atoms with Gasteiger partial charge in [-0.15, -0.1) is 0 Å². The van der Waals surface area contributed by atoms with Crippen LogP contribution in [0.1, 0.15) is 25.3 Å². The van der Waals surface area contributed by atoms with Gasteiger partial charge in [-0.05, 0) is 55.5 Å². The summed E-state index contributed by atoms with van der Waals surface area (Å²) in [4.78, 5) is 19.4. The molecule has 1 aliphatic heterocycles. The number of halogens is 2. The van der Waals surface area contributed by atoms with E-state index in [4.69, 9.17) is 4.98 Å². The third-order valence-electron chi connectivity index (χ3n) is 6.49. The molecule has 1 aliphatic rings. The standard InChI is InChI=1S/C25H25F2N5O/c1-16-11-17(15-32(16)24(33)8-5-18-3-2-4-20(26)25(18)27)14-31-10-9-22-23(31)7-6-21(30-22)19-12-28-29-13-19/h2-4,6-7,9-10,12-13,16-17H,5,8,11,14-15H2,1H3,(H,28,29)/t16-,17+/m1/s1. The molecule has 1 saturated heterocycles. The number of hydrogen-bond acceptors (Lipinski definition) is 3. The number of amides is 1. The van der Waals surface area contributed by atoms with Crippen LogP contribution in [0.2, 0.25) is 0 Å². The molecule has 0 aliphatic carbocycles. The number of aryl methyl sites for hydroxylation is 1. The quantitative estimate of drug-likeness (QED) is 0.469. The molecular formula is C25H25F2N5O. The van der Waals surface area contributed by atoms with Gasteiger partial charge in [-0.2, -0.15) is 5.10 Å². The molecule has 6 nitrogen and oxygen atoms in total. The summed E-state index contributed by atoms with van der Waals surface area (Å²) >= 11 is 0. The van der Waals surface area contributed by atoms with Crippen molar-refractivity contribution in [1.29, 1.82) is 0 Å². The van der Waals surface area contributed by atoms with Crippen molar-refractivity contribution in [1.82, 2.24) is 24.6 Å². The molecule has 0 radical (unpaired) electrons. The molecule has 5 rings (SSSR count). The third kappa shape index (κ3) is 4.25. The minimum atomic E-state index is -0.875. The minimum absolute atomic E-state index is 0.0163. The molecule has 2 atom stereocenters. The van der Waals surface area contributed by atoms with Crippen LogP contribution in [0.15, 0.2) is 55.0 Å². The van der Waals surface area contributed by atoms with Crippen LogP contribution in [-0.4, -0.2) is 43.1 Å². The second-order valence-corrected chi connectivity index (χ2v) is 8.77. The van der Waals surface area contributed by atoms with Gasteiger partial charge in [0, 0.05) is 43.5 Å². The molecule has 1 aromatic carbocycles. The second-order valence-electron chi connectivity index (χ2n) is 8.77. The number of carbonyl (C=O) groups is 1. The monoisotopic (exact) mass is 449 g/mol. The SMILES string of the molecule is C[C@@H]1C[C@@H](Cn2ccc3nc(-c4cn[nH]c4)ccc32)CN1C(=O)CCc1cccc(F)c1F. The van der Waals surface area contributed by atoms with E-state index < -0.39 is 11.6 Å². The Balaban J connectivity index is 1.23. The summed E-state index contributed by atoms with van der Waals surface area (Å²) in [5.41, 5.74) is 4.04. The van der Waals surface area contributed by atoms with Crippen molar-refractivity contribution in [3.05, 3.63) is 72.2 Å². The molecule has 4 heterocycles. The number of fused-ring (bicyclic) bond motifs is 1. The highest BCUT2D eigenvalue weighted by molar-refractivity contribution is 5.79. The lowest BCUT2D eigenvalue weighted by atomic mass is 10.1. The highest BCUT2D eigenvalue weighted by Crippen LogP contribution is 2.28. The summed E-state index contributed by atoms with van der Waals surface area (Å²) in [7, 11) is 0.